The highest BCUT2D eigenvalue weighted by Crippen LogP contribution is 2.26. The number of carboxylic acid groups (broad SMARTS) is 1. The molecule has 2 fully saturated rings. The highest BCUT2D eigenvalue weighted by molar-refractivity contribution is 7.86. The van der Waals surface area contributed by atoms with Gasteiger partial charge >= 0.3 is 5.97 Å². The average Bonchev–Trinajstić information content (AvgIpc) is 3.85. The first-order valence-electron chi connectivity index (χ1n) is 24.1. The highest BCUT2D eigenvalue weighted by atomic mass is 32.2. The summed E-state index contributed by atoms with van der Waals surface area (Å²) in [6, 6.07) is 3.00. The van der Waals surface area contributed by atoms with Crippen molar-refractivity contribution >= 4 is 69.5 Å². The van der Waals surface area contributed by atoms with E-state index in [1.807, 2.05) is 0 Å². The quantitative estimate of drug-likeness (QED) is 0.0169. The van der Waals surface area contributed by atoms with Crippen LogP contribution in [0.25, 0.3) is 0 Å². The summed E-state index contributed by atoms with van der Waals surface area (Å²) in [7, 11) is -4.45. The number of aliphatic hydroxyl groups excluding tert-OH is 1. The Morgan fingerprint density at radius 1 is 0.861 bits per heavy atom. The van der Waals surface area contributed by atoms with Gasteiger partial charge in [-0.15, -0.1) is 0 Å². The molecule has 6 atom stereocenters. The van der Waals surface area contributed by atoms with Gasteiger partial charge < -0.3 is 58.5 Å². The van der Waals surface area contributed by atoms with Gasteiger partial charge in [0.25, 0.3) is 16.0 Å². The van der Waals surface area contributed by atoms with Gasteiger partial charge in [-0.05, 0) is 109 Å². The normalized spacial score (nSPS) is 17.5. The molecule has 2 aliphatic heterocycles. The Bertz CT molecular complexity index is 2350. The summed E-state index contributed by atoms with van der Waals surface area (Å²) in [6.45, 7) is 2.51. The number of aliphatic imine (C=N–C) groups is 1. The zero-order chi connectivity index (χ0) is 52.8. The summed E-state index contributed by atoms with van der Waals surface area (Å²) in [6.07, 6.45) is 6.30. The van der Waals surface area contributed by atoms with Gasteiger partial charge in [0.15, 0.2) is 5.96 Å². The number of nitrogens with one attached hydrogen (secondary N) is 5. The number of anilines is 1. The van der Waals surface area contributed by atoms with E-state index in [1.165, 1.54) is 59.5 Å². The number of likely N-dealkylation sites (tertiary alicyclic amines) is 2. The lowest BCUT2D eigenvalue weighted by Crippen LogP contribution is -2.61. The van der Waals surface area contributed by atoms with E-state index in [0.29, 0.717) is 70.8 Å². The molecule has 3 heterocycles. The molecular formula is C46H69N13O12S. The number of carbonyl (C=O) groups is 7. The summed E-state index contributed by atoms with van der Waals surface area (Å²) >= 11 is 0. The third kappa shape index (κ3) is 18.1. The van der Waals surface area contributed by atoms with Crippen LogP contribution in [0.4, 0.5) is 5.82 Å². The maximum absolute atomic E-state index is 14.4. The Kier molecular flexibility index (Phi) is 23.2. The third-order valence-corrected chi connectivity index (χ3v) is 13.0. The summed E-state index contributed by atoms with van der Waals surface area (Å²) in [4.78, 5) is 104. The Labute approximate surface area is 418 Å². The Morgan fingerprint density at radius 3 is 2.26 bits per heavy atom. The summed E-state index contributed by atoms with van der Waals surface area (Å²) in [5.74, 6) is -4.48. The second kappa shape index (κ2) is 28.9. The number of hydrogen-bond acceptors (Lipinski definition) is 15. The lowest BCUT2D eigenvalue weighted by molar-refractivity contribution is -0.152. The van der Waals surface area contributed by atoms with E-state index in [-0.39, 0.29) is 79.7 Å². The monoisotopic (exact) mass is 1030 g/mol. The van der Waals surface area contributed by atoms with E-state index < -0.39 is 87.8 Å². The SMILES string of the molecule is CC(O)[C@H](NC(=O)CCCCCNC(=O)c1ccc(N/N=C/c2ccccc2S(=O)(=O)O)nc1)C(=O)N[C@@H](CCCCN)C(=O)N1CCCC[C@H]1C(=O)N1CCC[C@H]1C(=O)N[C@@H](CCCN=C(N)N)C(=O)O. The number of aromatic nitrogens is 1. The molecule has 72 heavy (non-hydrogen) atoms. The average molecular weight is 1030 g/mol. The molecule has 1 unspecified atom stereocenters. The van der Waals surface area contributed by atoms with Crippen LogP contribution in [-0.2, 0) is 38.9 Å². The number of nitrogens with zero attached hydrogens (tertiary/aromatic N) is 5. The number of amides is 6. The van der Waals surface area contributed by atoms with Crippen LogP contribution >= 0.6 is 0 Å². The number of piperidine rings is 1. The van der Waals surface area contributed by atoms with Crippen molar-refractivity contribution in [2.75, 3.05) is 38.1 Å². The summed E-state index contributed by atoms with van der Waals surface area (Å²) < 4.78 is 32.6. The molecule has 2 aliphatic rings. The van der Waals surface area contributed by atoms with Gasteiger partial charge in [-0.1, -0.05) is 24.6 Å². The van der Waals surface area contributed by atoms with E-state index in [4.69, 9.17) is 17.2 Å². The highest BCUT2D eigenvalue weighted by Gasteiger charge is 2.43. The Balaban J connectivity index is 1.27. The fourth-order valence-corrected chi connectivity index (χ4v) is 8.98. The number of nitrogens with two attached hydrogens (primary N) is 3. The van der Waals surface area contributed by atoms with Crippen molar-refractivity contribution in [2.45, 2.75) is 138 Å². The molecule has 2 saturated heterocycles. The molecule has 26 heteroatoms. The number of aliphatic hydroxyl groups is 1. The number of carbonyl (C=O) groups excluding carboxylic acids is 6. The maximum Gasteiger partial charge on any atom is 0.326 e. The Hall–Kier alpha value is -6.77. The van der Waals surface area contributed by atoms with Crippen LogP contribution in [0.15, 0.2) is 57.6 Å². The molecule has 0 radical (unpaired) electrons. The maximum atomic E-state index is 14.4. The van der Waals surface area contributed by atoms with E-state index in [1.54, 1.807) is 6.07 Å². The van der Waals surface area contributed by atoms with Gasteiger partial charge in [-0.2, -0.15) is 13.5 Å². The minimum absolute atomic E-state index is 0.00492. The molecule has 1 aromatic carbocycles. The van der Waals surface area contributed by atoms with Crippen molar-refractivity contribution in [2.24, 2.45) is 27.3 Å². The molecule has 25 nitrogen and oxygen atoms in total. The number of rotatable bonds is 28. The number of hydrogen-bond donors (Lipinski definition) is 11. The predicted octanol–water partition coefficient (Wildman–Crippen LogP) is -0.461. The molecule has 0 bridgehead atoms. The fourth-order valence-electron chi connectivity index (χ4n) is 8.31. The lowest BCUT2D eigenvalue weighted by atomic mass is 9.97. The van der Waals surface area contributed by atoms with Gasteiger partial charge in [0, 0.05) is 44.4 Å². The predicted molar refractivity (Wildman–Crippen MR) is 265 cm³/mol. The van der Waals surface area contributed by atoms with E-state index >= 15 is 0 Å². The molecule has 1 aromatic heterocycles. The first kappa shape index (κ1) is 57.8. The van der Waals surface area contributed by atoms with E-state index in [0.717, 1.165) is 0 Å². The van der Waals surface area contributed by atoms with Crippen molar-refractivity contribution in [3.05, 3.63) is 53.7 Å². The number of hydrazone groups is 1. The number of carboxylic acids is 1. The first-order chi connectivity index (χ1) is 34.3. The second-order valence-corrected chi connectivity index (χ2v) is 19.0. The lowest BCUT2D eigenvalue weighted by Gasteiger charge is -2.40. The van der Waals surface area contributed by atoms with Gasteiger partial charge in [-0.25, -0.2) is 9.78 Å². The fraction of sp³-hybridized carbons (Fsp3) is 0.565. The topological polar surface area (TPSA) is 397 Å². The minimum atomic E-state index is -4.45. The minimum Gasteiger partial charge on any atom is -0.480 e. The van der Waals surface area contributed by atoms with Crippen LogP contribution in [0.3, 0.4) is 0 Å². The first-order valence-corrected chi connectivity index (χ1v) is 25.5. The zero-order valence-electron chi connectivity index (χ0n) is 40.4. The van der Waals surface area contributed by atoms with Crippen LogP contribution in [0.5, 0.6) is 0 Å². The Morgan fingerprint density at radius 2 is 1.58 bits per heavy atom. The van der Waals surface area contributed by atoms with Gasteiger partial charge in [0.1, 0.15) is 40.9 Å². The third-order valence-electron chi connectivity index (χ3n) is 12.1. The van der Waals surface area contributed by atoms with Crippen molar-refractivity contribution in [3.63, 3.8) is 0 Å². The number of unbranched alkanes of at least 4 members (excludes halogenated alkanes) is 3. The molecule has 6 amide bonds. The molecule has 396 valence electrons. The smallest absolute Gasteiger partial charge is 0.326 e. The van der Waals surface area contributed by atoms with Crippen molar-refractivity contribution in [3.8, 4) is 0 Å². The molecule has 0 spiro atoms. The van der Waals surface area contributed by atoms with Gasteiger partial charge in [0.2, 0.25) is 29.5 Å². The van der Waals surface area contributed by atoms with Crippen LogP contribution < -0.4 is 43.9 Å². The molecule has 2 aromatic rings. The van der Waals surface area contributed by atoms with Crippen LogP contribution in [-0.4, -0.2) is 161 Å². The zero-order valence-corrected chi connectivity index (χ0v) is 41.2. The van der Waals surface area contributed by atoms with Crippen molar-refractivity contribution < 1.29 is 56.7 Å². The van der Waals surface area contributed by atoms with E-state index in [2.05, 4.69) is 41.8 Å². The van der Waals surface area contributed by atoms with Crippen molar-refractivity contribution in [1.82, 2.24) is 36.1 Å². The van der Waals surface area contributed by atoms with Gasteiger partial charge in [-0.3, -0.25) is 43.7 Å². The second-order valence-electron chi connectivity index (χ2n) is 17.6. The molecule has 0 aliphatic carbocycles. The molecule has 4 rings (SSSR count). The molecule has 14 N–H and O–H groups in total. The molecular weight excluding hydrogens is 959 g/mol. The summed E-state index contributed by atoms with van der Waals surface area (Å²) in [5.41, 5.74) is 19.5. The standard InChI is InChI=1S/C46H69N13O12S/c1-29(60)39(56-38(61)19-3-2-9-23-50-40(62)31-20-21-37(52-27-31)57-53-28-30-13-4-5-18-36(30)72(69,70)71)42(64)54-32(14-6-8-22-47)43(65)59-25-10-7-16-35(59)44(66)58-26-12-17-34(58)41(63)55-33(45(67)68)15-11-24-51-46(48)49/h4-5,13,18,20-21,27-29,32-35,39,60H,2-3,6-12,14-17,19,22-26,47H2,1H3,(H,50,62)(H,52,57)(H,54,64)(H,55,63)(H,56,61)(H,67,68)(H4,48,49,51)(H,69,70,71)/b53-28+/t29?,32-,33-,34-,35-,39-/m0/s1. The largest absolute Gasteiger partial charge is 0.480 e. The van der Waals surface area contributed by atoms with Crippen LogP contribution in [0.2, 0.25) is 0 Å². The van der Waals surface area contributed by atoms with Crippen molar-refractivity contribution in [1.29, 1.82) is 0 Å². The number of aliphatic carboxylic acids is 1. The summed E-state index contributed by atoms with van der Waals surface area (Å²) in [5, 5.41) is 35.0. The molecule has 0 saturated carbocycles. The van der Waals surface area contributed by atoms with Crippen LogP contribution in [0, 0.1) is 0 Å². The van der Waals surface area contributed by atoms with Crippen LogP contribution in [0.1, 0.15) is 113 Å². The van der Waals surface area contributed by atoms with Gasteiger partial charge in [0.05, 0.1) is 17.9 Å². The number of pyridine rings is 1. The van der Waals surface area contributed by atoms with E-state index in [9.17, 15) is 56.7 Å². The number of benzene rings is 1. The number of guanidine groups is 1.